The van der Waals surface area contributed by atoms with E-state index < -0.39 is 17.2 Å². The highest BCUT2D eigenvalue weighted by Gasteiger charge is 2.13. The molecule has 1 aromatic carbocycles. The maximum atomic E-state index is 12.0. The normalized spacial score (nSPS) is 10.1. The van der Waals surface area contributed by atoms with E-state index in [9.17, 15) is 19.2 Å². The van der Waals surface area contributed by atoms with Gasteiger partial charge in [-0.05, 0) is 24.3 Å². The molecule has 3 N–H and O–H groups in total. The Bertz CT molecular complexity index is 833. The molecule has 0 fully saturated rings. The molecule has 8 nitrogen and oxygen atoms in total. The van der Waals surface area contributed by atoms with Gasteiger partial charge in [-0.25, -0.2) is 4.79 Å². The van der Waals surface area contributed by atoms with E-state index in [0.29, 0.717) is 11.4 Å². The molecule has 0 spiro atoms. The number of aromatic amines is 1. The molecule has 2 aromatic rings. The van der Waals surface area contributed by atoms with Crippen molar-refractivity contribution >= 4 is 23.2 Å². The minimum Gasteiger partial charge on any atom is -0.326 e. The number of nitrogens with zero attached hydrogens (tertiary/aromatic N) is 1. The lowest BCUT2D eigenvalue weighted by atomic mass is 10.2. The Kier molecular flexibility index (Phi) is 4.21. The highest BCUT2D eigenvalue weighted by atomic mass is 16.2. The Morgan fingerprint density at radius 1 is 1.05 bits per heavy atom. The zero-order chi connectivity index (χ0) is 16.3. The number of amides is 2. The van der Waals surface area contributed by atoms with Crippen LogP contribution in [0.2, 0.25) is 0 Å². The van der Waals surface area contributed by atoms with Crippen molar-refractivity contribution < 1.29 is 9.59 Å². The van der Waals surface area contributed by atoms with E-state index in [4.69, 9.17) is 0 Å². The Hall–Kier alpha value is -3.16. The molecule has 2 rings (SSSR count). The molecular formula is C14H14N4O4. The molecule has 0 saturated carbocycles. The minimum atomic E-state index is -0.684. The van der Waals surface area contributed by atoms with Gasteiger partial charge in [-0.1, -0.05) is 0 Å². The van der Waals surface area contributed by atoms with Gasteiger partial charge in [0.25, 0.3) is 11.5 Å². The fraction of sp³-hybridized carbons (Fsp3) is 0.143. The second-order valence-electron chi connectivity index (χ2n) is 4.58. The first-order valence-electron chi connectivity index (χ1n) is 6.36. The molecule has 1 aromatic heterocycles. The van der Waals surface area contributed by atoms with Gasteiger partial charge in [0.15, 0.2) is 0 Å². The number of anilines is 2. The zero-order valence-electron chi connectivity index (χ0n) is 12.0. The fourth-order valence-electron chi connectivity index (χ4n) is 1.77. The second kappa shape index (κ2) is 6.08. The summed E-state index contributed by atoms with van der Waals surface area (Å²) >= 11 is 0. The summed E-state index contributed by atoms with van der Waals surface area (Å²) in [6.07, 6.45) is 1.08. The number of carbonyl (C=O) groups is 2. The summed E-state index contributed by atoms with van der Waals surface area (Å²) in [6, 6.07) is 6.39. The first-order chi connectivity index (χ1) is 10.4. The molecule has 8 heteroatoms. The molecule has 0 radical (unpaired) electrons. The van der Waals surface area contributed by atoms with E-state index >= 15 is 0 Å². The summed E-state index contributed by atoms with van der Waals surface area (Å²) in [6.45, 7) is 1.39. The van der Waals surface area contributed by atoms with Crippen molar-refractivity contribution in [2.24, 2.45) is 7.05 Å². The van der Waals surface area contributed by atoms with Crippen molar-refractivity contribution in [3.63, 3.8) is 0 Å². The van der Waals surface area contributed by atoms with Crippen LogP contribution in [0.5, 0.6) is 0 Å². The van der Waals surface area contributed by atoms with Gasteiger partial charge in [0.1, 0.15) is 5.56 Å². The molecule has 0 unspecified atom stereocenters. The minimum absolute atomic E-state index is 0.173. The van der Waals surface area contributed by atoms with Crippen molar-refractivity contribution in [3.05, 3.63) is 56.9 Å². The lowest BCUT2D eigenvalue weighted by Crippen LogP contribution is -2.37. The van der Waals surface area contributed by atoms with Gasteiger partial charge >= 0.3 is 5.69 Å². The van der Waals surface area contributed by atoms with Gasteiger partial charge in [-0.3, -0.25) is 19.0 Å². The summed E-state index contributed by atoms with van der Waals surface area (Å²) in [5.74, 6) is -0.836. The first-order valence-corrected chi connectivity index (χ1v) is 6.36. The number of nitrogens with one attached hydrogen (secondary N) is 3. The maximum Gasteiger partial charge on any atom is 0.328 e. The van der Waals surface area contributed by atoms with Crippen molar-refractivity contribution in [3.8, 4) is 0 Å². The third kappa shape index (κ3) is 3.29. The molecule has 114 valence electrons. The molecule has 2 amide bonds. The SMILES string of the molecule is CC(=O)Nc1ccc(NC(=O)c2c[nH]c(=O)n(C)c2=O)cc1. The monoisotopic (exact) mass is 302 g/mol. The van der Waals surface area contributed by atoms with Gasteiger partial charge in [0, 0.05) is 31.5 Å². The number of benzene rings is 1. The number of carbonyl (C=O) groups excluding carboxylic acids is 2. The average Bonchev–Trinajstić information content (AvgIpc) is 2.46. The van der Waals surface area contributed by atoms with Crippen LogP contribution in [0.15, 0.2) is 40.1 Å². The summed E-state index contributed by atoms with van der Waals surface area (Å²) < 4.78 is 0.814. The zero-order valence-corrected chi connectivity index (χ0v) is 12.0. The molecule has 0 bridgehead atoms. The van der Waals surface area contributed by atoms with Gasteiger partial charge in [0.2, 0.25) is 5.91 Å². The van der Waals surface area contributed by atoms with Crippen molar-refractivity contribution in [1.82, 2.24) is 9.55 Å². The van der Waals surface area contributed by atoms with Crippen LogP contribution in [0.25, 0.3) is 0 Å². The van der Waals surface area contributed by atoms with Crippen molar-refractivity contribution in [2.45, 2.75) is 6.92 Å². The van der Waals surface area contributed by atoms with Crippen molar-refractivity contribution in [2.75, 3.05) is 10.6 Å². The van der Waals surface area contributed by atoms with Crippen LogP contribution in [0.3, 0.4) is 0 Å². The highest BCUT2D eigenvalue weighted by Crippen LogP contribution is 2.13. The lowest BCUT2D eigenvalue weighted by molar-refractivity contribution is -0.114. The van der Waals surface area contributed by atoms with Crippen LogP contribution < -0.4 is 21.9 Å². The highest BCUT2D eigenvalue weighted by molar-refractivity contribution is 6.03. The second-order valence-corrected chi connectivity index (χ2v) is 4.58. The largest absolute Gasteiger partial charge is 0.328 e. The molecule has 0 aliphatic carbocycles. The van der Waals surface area contributed by atoms with E-state index in [1.165, 1.54) is 14.0 Å². The summed E-state index contributed by atoms with van der Waals surface area (Å²) in [7, 11) is 1.28. The molecule has 0 aliphatic heterocycles. The van der Waals surface area contributed by atoms with Crippen LogP contribution in [0.1, 0.15) is 17.3 Å². The van der Waals surface area contributed by atoms with Gasteiger partial charge < -0.3 is 15.6 Å². The van der Waals surface area contributed by atoms with Crippen molar-refractivity contribution in [1.29, 1.82) is 0 Å². The van der Waals surface area contributed by atoms with E-state index in [2.05, 4.69) is 15.6 Å². The van der Waals surface area contributed by atoms with E-state index in [1.54, 1.807) is 24.3 Å². The third-order valence-electron chi connectivity index (χ3n) is 2.89. The Morgan fingerprint density at radius 3 is 2.14 bits per heavy atom. The van der Waals surface area contributed by atoms with Gasteiger partial charge in [-0.2, -0.15) is 0 Å². The number of H-pyrrole nitrogens is 1. The van der Waals surface area contributed by atoms with E-state index in [1.807, 2.05) is 0 Å². The third-order valence-corrected chi connectivity index (χ3v) is 2.89. The molecule has 22 heavy (non-hydrogen) atoms. The summed E-state index contributed by atoms with van der Waals surface area (Å²) in [4.78, 5) is 48.3. The van der Waals surface area contributed by atoms with E-state index in [0.717, 1.165) is 10.8 Å². The number of hydrogen-bond acceptors (Lipinski definition) is 4. The maximum absolute atomic E-state index is 12.0. The van der Waals surface area contributed by atoms with Crippen LogP contribution in [-0.4, -0.2) is 21.4 Å². The summed E-state index contributed by atoms with van der Waals surface area (Å²) in [5, 5.41) is 5.13. The van der Waals surface area contributed by atoms with Gasteiger partial charge in [-0.15, -0.1) is 0 Å². The molecular weight excluding hydrogens is 288 g/mol. The molecule has 1 heterocycles. The first kappa shape index (κ1) is 15.2. The predicted octanol–water partition coefficient (Wildman–Crippen LogP) is 0.284. The Balaban J connectivity index is 2.19. The number of hydrogen-bond donors (Lipinski definition) is 3. The molecule has 0 atom stereocenters. The molecule has 0 saturated heterocycles. The van der Waals surface area contributed by atoms with Gasteiger partial charge in [0.05, 0.1) is 0 Å². The average molecular weight is 302 g/mol. The summed E-state index contributed by atoms with van der Waals surface area (Å²) in [5.41, 5.74) is -0.414. The standard InChI is InChI=1S/C14H14N4O4/c1-8(19)16-9-3-5-10(6-4-9)17-12(20)11-7-15-14(22)18(2)13(11)21/h3-7H,1-2H3,(H,15,22)(H,16,19)(H,17,20). The quantitative estimate of drug-likeness (QED) is 0.756. The van der Waals surface area contributed by atoms with Crippen LogP contribution in [0.4, 0.5) is 11.4 Å². The topological polar surface area (TPSA) is 113 Å². The van der Waals surface area contributed by atoms with E-state index in [-0.39, 0.29) is 11.5 Å². The van der Waals surface area contributed by atoms with Crippen LogP contribution in [-0.2, 0) is 11.8 Å². The van der Waals surface area contributed by atoms with Crippen LogP contribution >= 0.6 is 0 Å². The Morgan fingerprint density at radius 2 is 1.59 bits per heavy atom. The Labute approximate surface area is 124 Å². The number of rotatable bonds is 3. The predicted molar refractivity (Wildman–Crippen MR) is 81.0 cm³/mol. The van der Waals surface area contributed by atoms with Crippen LogP contribution in [0, 0.1) is 0 Å². The fourth-order valence-corrected chi connectivity index (χ4v) is 1.77. The number of aromatic nitrogens is 2. The molecule has 0 aliphatic rings. The smallest absolute Gasteiger partial charge is 0.326 e. The lowest BCUT2D eigenvalue weighted by Gasteiger charge is -2.07.